The van der Waals surface area contributed by atoms with Gasteiger partial charge in [0, 0.05) is 23.2 Å². The van der Waals surface area contributed by atoms with Gasteiger partial charge < -0.3 is 16.0 Å². The third-order valence-corrected chi connectivity index (χ3v) is 7.89. The highest BCUT2D eigenvalue weighted by Crippen LogP contribution is 2.32. The van der Waals surface area contributed by atoms with Gasteiger partial charge in [0.2, 0.25) is 17.6 Å². The number of aryl methyl sites for hydroxylation is 1. The fourth-order valence-corrected chi connectivity index (χ4v) is 5.74. The number of para-hydroxylation sites is 1. The van der Waals surface area contributed by atoms with Crippen LogP contribution in [0.2, 0.25) is 0 Å². The molecule has 1 aromatic heterocycles. The molecule has 5 aromatic rings. The number of aromatic nitrogens is 4. The number of nitrogens with one attached hydrogen (secondary N) is 1. The molecule has 9 heteroatoms. The fourth-order valence-electron chi connectivity index (χ4n) is 5.74. The maximum absolute atomic E-state index is 13.9. The van der Waals surface area contributed by atoms with Gasteiger partial charge in [0.1, 0.15) is 6.04 Å². The Morgan fingerprint density at radius 2 is 1.53 bits per heavy atom. The van der Waals surface area contributed by atoms with Gasteiger partial charge in [0.25, 0.3) is 0 Å². The smallest absolute Gasteiger partial charge is 0.249 e. The maximum Gasteiger partial charge on any atom is 0.249 e. The van der Waals surface area contributed by atoms with Crippen LogP contribution in [-0.4, -0.2) is 43.6 Å². The highest BCUT2D eigenvalue weighted by atomic mass is 16.2. The standard InChI is InChI=1S/C36H37N7O2/c1-36(2,37)22-33(44)38-31-21-20-28-12-6-9-15-32(28)42(35(31)45)23-26-16-18-27(19-17-26)29-13-7-8-14-30(29)34-39-41-43(40-34)24-25-10-4-3-5-11-25/h3-19,31H,20-24,37H2,1-2H3,(H,38,44)/t31-/m1/s1. The first-order valence-electron chi connectivity index (χ1n) is 15.2. The zero-order valence-corrected chi connectivity index (χ0v) is 25.6. The van der Waals surface area contributed by atoms with Crippen molar-refractivity contribution in [3.63, 3.8) is 0 Å². The Hall–Kier alpha value is -5.15. The number of benzene rings is 4. The number of fused-ring (bicyclic) bond motifs is 1. The van der Waals surface area contributed by atoms with E-state index in [1.54, 1.807) is 23.5 Å². The van der Waals surface area contributed by atoms with Crippen molar-refractivity contribution in [1.82, 2.24) is 25.5 Å². The lowest BCUT2D eigenvalue weighted by Crippen LogP contribution is -2.49. The van der Waals surface area contributed by atoms with Crippen LogP contribution >= 0.6 is 0 Å². The summed E-state index contributed by atoms with van der Waals surface area (Å²) in [5, 5.41) is 16.2. The summed E-state index contributed by atoms with van der Waals surface area (Å²) in [6.45, 7) is 4.52. The van der Waals surface area contributed by atoms with Crippen LogP contribution < -0.4 is 16.0 Å². The van der Waals surface area contributed by atoms with Crippen LogP contribution in [0.3, 0.4) is 0 Å². The number of anilines is 1. The van der Waals surface area contributed by atoms with Crippen molar-refractivity contribution in [3.8, 4) is 22.5 Å². The van der Waals surface area contributed by atoms with Gasteiger partial charge in [-0.3, -0.25) is 9.59 Å². The summed E-state index contributed by atoms with van der Waals surface area (Å²) in [7, 11) is 0. The number of nitrogens with zero attached hydrogens (tertiary/aromatic N) is 5. The molecule has 228 valence electrons. The lowest BCUT2D eigenvalue weighted by atomic mass is 9.98. The number of hydrogen-bond donors (Lipinski definition) is 2. The van der Waals surface area contributed by atoms with Crippen LogP contribution in [-0.2, 0) is 29.1 Å². The van der Waals surface area contributed by atoms with E-state index < -0.39 is 11.6 Å². The van der Waals surface area contributed by atoms with Crippen molar-refractivity contribution in [1.29, 1.82) is 0 Å². The quantitative estimate of drug-likeness (QED) is 0.242. The largest absolute Gasteiger partial charge is 0.344 e. The fraction of sp³-hybridized carbons (Fsp3) is 0.250. The number of carbonyl (C=O) groups excluding carboxylic acids is 2. The zero-order valence-electron chi connectivity index (χ0n) is 25.6. The van der Waals surface area contributed by atoms with E-state index >= 15 is 0 Å². The molecule has 0 radical (unpaired) electrons. The SMILES string of the molecule is CC(C)(N)CC(=O)N[C@@H]1CCc2ccccc2N(Cc2ccc(-c3ccccc3-c3nnn(Cc4ccccc4)n3)cc2)C1=O. The van der Waals surface area contributed by atoms with Crippen molar-refractivity contribution >= 4 is 17.5 Å². The third kappa shape index (κ3) is 7.16. The van der Waals surface area contributed by atoms with Crippen LogP contribution in [0.25, 0.3) is 22.5 Å². The summed E-state index contributed by atoms with van der Waals surface area (Å²) in [5.41, 5.74) is 12.3. The van der Waals surface area contributed by atoms with E-state index in [9.17, 15) is 9.59 Å². The molecule has 1 aliphatic rings. The molecule has 0 spiro atoms. The van der Waals surface area contributed by atoms with Crippen LogP contribution in [0.1, 0.15) is 43.4 Å². The molecule has 2 heterocycles. The first kappa shape index (κ1) is 29.9. The molecule has 6 rings (SSSR count). The minimum atomic E-state index is -0.657. The van der Waals surface area contributed by atoms with Gasteiger partial charge in [0.15, 0.2) is 0 Å². The predicted octanol–water partition coefficient (Wildman–Crippen LogP) is 5.15. The van der Waals surface area contributed by atoms with E-state index in [2.05, 4.69) is 32.9 Å². The molecule has 0 aliphatic carbocycles. The molecular formula is C36H37N7O2. The van der Waals surface area contributed by atoms with Gasteiger partial charge in [-0.25, -0.2) is 0 Å². The van der Waals surface area contributed by atoms with E-state index in [4.69, 9.17) is 5.73 Å². The summed E-state index contributed by atoms with van der Waals surface area (Å²) in [5.74, 6) is 0.218. The minimum Gasteiger partial charge on any atom is -0.344 e. The first-order valence-corrected chi connectivity index (χ1v) is 15.2. The first-order chi connectivity index (χ1) is 21.7. The molecule has 4 aromatic carbocycles. The van der Waals surface area contributed by atoms with Gasteiger partial charge in [0.05, 0.1) is 13.1 Å². The van der Waals surface area contributed by atoms with Gasteiger partial charge in [-0.05, 0) is 65.8 Å². The Labute approximate surface area is 263 Å². The molecule has 0 fully saturated rings. The molecule has 0 saturated heterocycles. The molecule has 9 nitrogen and oxygen atoms in total. The lowest BCUT2D eigenvalue weighted by molar-refractivity contribution is -0.128. The molecule has 1 aliphatic heterocycles. The molecule has 45 heavy (non-hydrogen) atoms. The Bertz CT molecular complexity index is 1790. The lowest BCUT2D eigenvalue weighted by Gasteiger charge is -2.27. The van der Waals surface area contributed by atoms with E-state index in [-0.39, 0.29) is 18.2 Å². The van der Waals surface area contributed by atoms with E-state index in [1.807, 2.05) is 91.0 Å². The highest BCUT2D eigenvalue weighted by Gasteiger charge is 2.32. The monoisotopic (exact) mass is 599 g/mol. The molecule has 1 atom stereocenters. The molecule has 2 amide bonds. The Morgan fingerprint density at radius 3 is 2.29 bits per heavy atom. The zero-order chi connectivity index (χ0) is 31.4. The average molecular weight is 600 g/mol. The Kier molecular flexibility index (Phi) is 8.53. The van der Waals surface area contributed by atoms with Gasteiger partial charge in [-0.15, -0.1) is 10.2 Å². The molecule has 0 saturated carbocycles. The summed E-state index contributed by atoms with van der Waals surface area (Å²) in [4.78, 5) is 30.0. The third-order valence-electron chi connectivity index (χ3n) is 7.89. The topological polar surface area (TPSA) is 119 Å². The van der Waals surface area contributed by atoms with Crippen molar-refractivity contribution < 1.29 is 9.59 Å². The number of tetrazole rings is 1. The van der Waals surface area contributed by atoms with Gasteiger partial charge >= 0.3 is 0 Å². The average Bonchev–Trinajstić information content (AvgIpc) is 3.45. The second-order valence-corrected chi connectivity index (χ2v) is 12.2. The van der Waals surface area contributed by atoms with E-state index in [0.29, 0.717) is 31.8 Å². The molecule has 0 unspecified atom stereocenters. The van der Waals surface area contributed by atoms with Crippen LogP contribution in [0, 0.1) is 0 Å². The second-order valence-electron chi connectivity index (χ2n) is 12.2. The Morgan fingerprint density at radius 1 is 0.867 bits per heavy atom. The highest BCUT2D eigenvalue weighted by molar-refractivity contribution is 6.00. The minimum absolute atomic E-state index is 0.123. The van der Waals surface area contributed by atoms with Crippen molar-refractivity contribution in [2.45, 2.75) is 57.8 Å². The number of rotatable bonds is 9. The number of carbonyl (C=O) groups is 2. The van der Waals surface area contributed by atoms with Crippen molar-refractivity contribution in [3.05, 3.63) is 120 Å². The molecule has 0 bridgehead atoms. The summed E-state index contributed by atoms with van der Waals surface area (Å²) >= 11 is 0. The number of hydrogen-bond acceptors (Lipinski definition) is 6. The number of amides is 2. The van der Waals surface area contributed by atoms with Crippen molar-refractivity contribution in [2.75, 3.05) is 4.90 Å². The van der Waals surface area contributed by atoms with E-state index in [0.717, 1.165) is 39.1 Å². The predicted molar refractivity (Wildman–Crippen MR) is 175 cm³/mol. The normalized spacial score (nSPS) is 15.0. The van der Waals surface area contributed by atoms with Crippen LogP contribution in [0.5, 0.6) is 0 Å². The van der Waals surface area contributed by atoms with Gasteiger partial charge in [-0.2, -0.15) is 4.80 Å². The molecular weight excluding hydrogens is 562 g/mol. The van der Waals surface area contributed by atoms with Crippen molar-refractivity contribution in [2.24, 2.45) is 5.73 Å². The Balaban J connectivity index is 1.22. The number of nitrogens with two attached hydrogens (primary N) is 1. The van der Waals surface area contributed by atoms with E-state index in [1.165, 1.54) is 0 Å². The maximum atomic E-state index is 13.9. The second kappa shape index (κ2) is 12.8. The summed E-state index contributed by atoms with van der Waals surface area (Å²) in [6, 6.07) is 33.6. The van der Waals surface area contributed by atoms with Crippen LogP contribution in [0.15, 0.2) is 103 Å². The van der Waals surface area contributed by atoms with Crippen LogP contribution in [0.4, 0.5) is 5.69 Å². The summed E-state index contributed by atoms with van der Waals surface area (Å²) < 4.78 is 0. The summed E-state index contributed by atoms with van der Waals surface area (Å²) in [6.07, 6.45) is 1.36. The van der Waals surface area contributed by atoms with Gasteiger partial charge in [-0.1, -0.05) is 97.1 Å². The molecule has 3 N–H and O–H groups in total.